The summed E-state index contributed by atoms with van der Waals surface area (Å²) < 4.78 is 0. The van der Waals surface area contributed by atoms with Crippen molar-refractivity contribution in [2.45, 2.75) is 0 Å². The van der Waals surface area contributed by atoms with Gasteiger partial charge in [-0.3, -0.25) is 0 Å². The molecule has 62 valence electrons. The van der Waals surface area contributed by atoms with Crippen LogP contribution < -0.4 is 11.5 Å². The largest absolute Gasteiger partial charge is 0.390 e. The second-order valence-corrected chi connectivity index (χ2v) is 2.08. The van der Waals surface area contributed by atoms with Crippen molar-refractivity contribution in [3.05, 3.63) is 30.3 Å². The smallest absolute Gasteiger partial charge is 0.221 e. The van der Waals surface area contributed by atoms with Crippen LogP contribution in [-0.2, 0) is 0 Å². The summed E-state index contributed by atoms with van der Waals surface area (Å²) in [6, 6.07) is 9.32. The normalized spacial score (nSPS) is 12.2. The van der Waals surface area contributed by atoms with Crippen LogP contribution in [0.3, 0.4) is 0 Å². The van der Waals surface area contributed by atoms with Gasteiger partial charge in [-0.05, 0) is 12.1 Å². The molecule has 0 amide bonds. The Balaban J connectivity index is 2.81. The van der Waals surface area contributed by atoms with E-state index in [4.69, 9.17) is 11.5 Å². The second-order valence-electron chi connectivity index (χ2n) is 2.08. The van der Waals surface area contributed by atoms with Gasteiger partial charge in [0.25, 0.3) is 0 Å². The van der Waals surface area contributed by atoms with Crippen LogP contribution in [0, 0.1) is 0 Å². The summed E-state index contributed by atoms with van der Waals surface area (Å²) >= 11 is 0. The molecule has 0 bridgehead atoms. The molecule has 0 aliphatic rings. The van der Waals surface area contributed by atoms with Crippen LogP contribution >= 0.6 is 0 Å². The lowest BCUT2D eigenvalue weighted by Gasteiger charge is -1.92. The zero-order valence-corrected chi connectivity index (χ0v) is 6.51. The van der Waals surface area contributed by atoms with Crippen LogP contribution in [0.4, 0.5) is 5.69 Å². The highest BCUT2D eigenvalue weighted by molar-refractivity contribution is 5.87. The summed E-state index contributed by atoms with van der Waals surface area (Å²) in [7, 11) is 0. The SMILES string of the molecule is NC=NC(N)=Nc1ccccc1. The number of hydrogen-bond acceptors (Lipinski definition) is 1. The Morgan fingerprint density at radius 2 is 1.92 bits per heavy atom. The van der Waals surface area contributed by atoms with E-state index in [1.807, 2.05) is 30.3 Å². The molecular weight excluding hydrogens is 152 g/mol. The molecule has 0 fully saturated rings. The predicted octanol–water partition coefficient (Wildman–Crippen LogP) is 0.620. The van der Waals surface area contributed by atoms with Crippen molar-refractivity contribution in [2.24, 2.45) is 21.5 Å². The maximum atomic E-state index is 5.39. The van der Waals surface area contributed by atoms with Gasteiger partial charge in [0.15, 0.2) is 0 Å². The molecule has 4 N–H and O–H groups in total. The third kappa shape index (κ3) is 2.42. The molecule has 0 saturated heterocycles. The van der Waals surface area contributed by atoms with Crippen molar-refractivity contribution in [3.63, 3.8) is 0 Å². The standard InChI is InChI=1S/C8H10N4/c9-6-11-8(10)12-7-4-2-1-3-5-7/h1-6H,(H4,9,10,11,12). The lowest BCUT2D eigenvalue weighted by molar-refractivity contribution is 1.42. The van der Waals surface area contributed by atoms with Gasteiger partial charge >= 0.3 is 0 Å². The van der Waals surface area contributed by atoms with Gasteiger partial charge in [0.05, 0.1) is 12.0 Å². The molecule has 0 saturated carbocycles. The molecule has 1 aromatic carbocycles. The maximum absolute atomic E-state index is 5.39. The molecule has 0 heterocycles. The highest BCUT2D eigenvalue weighted by Gasteiger charge is 1.87. The highest BCUT2D eigenvalue weighted by atomic mass is 15.0. The molecule has 12 heavy (non-hydrogen) atoms. The topological polar surface area (TPSA) is 76.8 Å². The minimum absolute atomic E-state index is 0.156. The Kier molecular flexibility index (Phi) is 2.84. The summed E-state index contributed by atoms with van der Waals surface area (Å²) in [5.41, 5.74) is 11.2. The average molecular weight is 162 g/mol. The third-order valence-corrected chi connectivity index (χ3v) is 1.21. The summed E-state index contributed by atoms with van der Waals surface area (Å²) in [5, 5.41) is 0. The van der Waals surface area contributed by atoms with E-state index in [0.29, 0.717) is 0 Å². The number of guanidine groups is 1. The minimum atomic E-state index is 0.156. The van der Waals surface area contributed by atoms with Gasteiger partial charge in [-0.25, -0.2) is 9.98 Å². The van der Waals surface area contributed by atoms with E-state index < -0.39 is 0 Å². The molecule has 0 atom stereocenters. The molecule has 0 aliphatic carbocycles. The summed E-state index contributed by atoms with van der Waals surface area (Å²) in [4.78, 5) is 7.57. The monoisotopic (exact) mass is 162 g/mol. The molecule has 0 radical (unpaired) electrons. The van der Waals surface area contributed by atoms with Crippen molar-refractivity contribution in [1.82, 2.24) is 0 Å². The summed E-state index contributed by atoms with van der Waals surface area (Å²) in [5.74, 6) is 0.156. The van der Waals surface area contributed by atoms with Crippen molar-refractivity contribution in [3.8, 4) is 0 Å². The van der Waals surface area contributed by atoms with Crippen LogP contribution in [0.1, 0.15) is 0 Å². The Hall–Kier alpha value is -1.84. The average Bonchev–Trinajstić information content (AvgIpc) is 2.06. The van der Waals surface area contributed by atoms with Gasteiger partial charge in [0.2, 0.25) is 5.96 Å². The minimum Gasteiger partial charge on any atom is -0.390 e. The van der Waals surface area contributed by atoms with Gasteiger partial charge in [-0.1, -0.05) is 18.2 Å². The Morgan fingerprint density at radius 1 is 1.25 bits per heavy atom. The molecule has 0 unspecified atom stereocenters. The number of para-hydroxylation sites is 1. The fourth-order valence-electron chi connectivity index (χ4n) is 0.740. The van der Waals surface area contributed by atoms with Crippen molar-refractivity contribution < 1.29 is 0 Å². The first-order chi connectivity index (χ1) is 5.83. The van der Waals surface area contributed by atoms with Gasteiger partial charge in [-0.15, -0.1) is 0 Å². The van der Waals surface area contributed by atoms with E-state index in [-0.39, 0.29) is 5.96 Å². The summed E-state index contributed by atoms with van der Waals surface area (Å²) in [6.45, 7) is 0. The molecule has 0 spiro atoms. The van der Waals surface area contributed by atoms with Crippen LogP contribution in [0.2, 0.25) is 0 Å². The van der Waals surface area contributed by atoms with E-state index in [1.54, 1.807) is 0 Å². The van der Waals surface area contributed by atoms with Gasteiger partial charge in [-0.2, -0.15) is 0 Å². The molecule has 1 aromatic rings. The number of aliphatic imine (C=N–C) groups is 2. The fraction of sp³-hybridized carbons (Fsp3) is 0. The first-order valence-corrected chi connectivity index (χ1v) is 3.46. The van der Waals surface area contributed by atoms with E-state index in [2.05, 4.69) is 9.98 Å². The molecule has 1 rings (SSSR count). The molecule has 0 aromatic heterocycles. The third-order valence-electron chi connectivity index (χ3n) is 1.21. The van der Waals surface area contributed by atoms with Gasteiger partial charge < -0.3 is 11.5 Å². The first-order valence-electron chi connectivity index (χ1n) is 3.46. The molecule has 4 nitrogen and oxygen atoms in total. The molecule has 4 heteroatoms. The van der Waals surface area contributed by atoms with E-state index in [9.17, 15) is 0 Å². The molecule has 0 aliphatic heterocycles. The van der Waals surface area contributed by atoms with E-state index in [0.717, 1.165) is 12.0 Å². The Labute approximate surface area is 70.6 Å². The van der Waals surface area contributed by atoms with Gasteiger partial charge in [0.1, 0.15) is 0 Å². The quantitative estimate of drug-likeness (QED) is 0.469. The number of nitrogens with two attached hydrogens (primary N) is 2. The van der Waals surface area contributed by atoms with Crippen LogP contribution in [0.15, 0.2) is 40.3 Å². The predicted molar refractivity (Wildman–Crippen MR) is 50.4 cm³/mol. The second kappa shape index (κ2) is 4.12. The van der Waals surface area contributed by atoms with Crippen molar-refractivity contribution in [2.75, 3.05) is 0 Å². The molecular formula is C8H10N4. The summed E-state index contributed by atoms with van der Waals surface area (Å²) in [6.07, 6.45) is 1.11. The zero-order chi connectivity index (χ0) is 8.81. The Bertz CT molecular complexity index is 289. The highest BCUT2D eigenvalue weighted by Crippen LogP contribution is 2.08. The number of benzene rings is 1. The first kappa shape index (κ1) is 8.26. The van der Waals surface area contributed by atoms with Gasteiger partial charge in [0, 0.05) is 0 Å². The number of rotatable bonds is 1. The Morgan fingerprint density at radius 3 is 2.50 bits per heavy atom. The maximum Gasteiger partial charge on any atom is 0.221 e. The van der Waals surface area contributed by atoms with Crippen molar-refractivity contribution >= 4 is 18.0 Å². The number of nitrogens with zero attached hydrogens (tertiary/aromatic N) is 2. The fourth-order valence-corrected chi connectivity index (χ4v) is 0.740. The van der Waals surface area contributed by atoms with Crippen molar-refractivity contribution in [1.29, 1.82) is 0 Å². The van der Waals surface area contributed by atoms with E-state index in [1.165, 1.54) is 0 Å². The van der Waals surface area contributed by atoms with Crippen LogP contribution in [-0.4, -0.2) is 12.3 Å². The zero-order valence-electron chi connectivity index (χ0n) is 6.51. The van der Waals surface area contributed by atoms with Crippen LogP contribution in [0.25, 0.3) is 0 Å². The lowest BCUT2D eigenvalue weighted by Crippen LogP contribution is -2.09. The van der Waals surface area contributed by atoms with Crippen LogP contribution in [0.5, 0.6) is 0 Å². The van der Waals surface area contributed by atoms with E-state index >= 15 is 0 Å². The number of hydrogen-bond donors (Lipinski definition) is 2. The lowest BCUT2D eigenvalue weighted by atomic mass is 10.3.